The van der Waals surface area contributed by atoms with Crippen LogP contribution in [0, 0.1) is 0 Å². The van der Waals surface area contributed by atoms with Crippen molar-refractivity contribution < 1.29 is 14.3 Å². The summed E-state index contributed by atoms with van der Waals surface area (Å²) in [5, 5.41) is 4.28. The maximum absolute atomic E-state index is 10.9. The summed E-state index contributed by atoms with van der Waals surface area (Å²) in [6.45, 7) is 5.13. The molecule has 2 aliphatic heterocycles. The molecule has 1 saturated heterocycles. The van der Waals surface area contributed by atoms with E-state index in [1.807, 2.05) is 24.7 Å². The van der Waals surface area contributed by atoms with Crippen LogP contribution in [-0.2, 0) is 0 Å². The maximum Gasteiger partial charge on any atom is 0.296 e. The van der Waals surface area contributed by atoms with E-state index in [0.29, 0.717) is 19.3 Å². The first kappa shape index (κ1) is 13.9. The van der Waals surface area contributed by atoms with Gasteiger partial charge in [0.05, 0.1) is 0 Å². The molecule has 2 aliphatic rings. The first-order valence-corrected chi connectivity index (χ1v) is 9.71. The van der Waals surface area contributed by atoms with Gasteiger partial charge in [-0.25, -0.2) is 0 Å². The minimum atomic E-state index is -2.64. The molecule has 5 nitrogen and oxygen atoms in total. The summed E-state index contributed by atoms with van der Waals surface area (Å²) < 4.78 is 11.1. The molecule has 1 aromatic rings. The number of piperidine rings is 1. The summed E-state index contributed by atoms with van der Waals surface area (Å²) in [5.74, 6) is 1.51. The monoisotopic (exact) mass is 294 g/mol. The predicted molar refractivity (Wildman–Crippen MR) is 79.9 cm³/mol. The zero-order valence-corrected chi connectivity index (χ0v) is 12.8. The number of ether oxygens (including phenoxy) is 2. The van der Waals surface area contributed by atoms with Gasteiger partial charge in [-0.15, -0.1) is 0 Å². The quantitative estimate of drug-likeness (QED) is 0.689. The molecule has 0 saturated carbocycles. The van der Waals surface area contributed by atoms with Gasteiger partial charge in [-0.05, 0) is 49.8 Å². The lowest BCUT2D eigenvalue weighted by Crippen LogP contribution is -2.62. The molecule has 1 unspecified atom stereocenters. The number of hydrogen-bond acceptors (Lipinski definition) is 5. The zero-order valence-electron chi connectivity index (χ0n) is 11.8. The van der Waals surface area contributed by atoms with Crippen LogP contribution < -0.4 is 25.0 Å². The predicted octanol–water partition coefficient (Wildman–Crippen LogP) is 0.0707. The molecule has 2 heterocycles. The van der Waals surface area contributed by atoms with Crippen molar-refractivity contribution in [1.82, 2.24) is 10.3 Å². The van der Waals surface area contributed by atoms with Crippen LogP contribution in [0.3, 0.4) is 0 Å². The second kappa shape index (κ2) is 5.73. The van der Waals surface area contributed by atoms with E-state index in [1.165, 1.54) is 0 Å². The van der Waals surface area contributed by atoms with E-state index >= 15 is 0 Å². The number of rotatable bonds is 3. The Labute approximate surface area is 120 Å². The number of benzene rings is 1. The smallest absolute Gasteiger partial charge is 0.296 e. The highest BCUT2D eigenvalue weighted by molar-refractivity contribution is 6.82. The standard InChI is InChI=1S/C14H22N2O3Si/c1-20(17,16-11-4-6-15-7-5-11)12-2-3-13-14(10-12)19-9-8-18-13/h2-3,10-11,15-17H,4-9H2,1H3. The van der Waals surface area contributed by atoms with Gasteiger partial charge in [-0.3, -0.25) is 0 Å². The first-order chi connectivity index (χ1) is 9.65. The molecule has 0 amide bonds. The third kappa shape index (κ3) is 2.98. The molecular formula is C14H22N2O3Si. The second-order valence-corrected chi connectivity index (χ2v) is 8.61. The normalized spacial score (nSPS) is 22.3. The van der Waals surface area contributed by atoms with E-state index in [4.69, 9.17) is 9.47 Å². The molecule has 0 bridgehead atoms. The van der Waals surface area contributed by atoms with Crippen LogP contribution >= 0.6 is 0 Å². The lowest BCUT2D eigenvalue weighted by Gasteiger charge is -2.32. The van der Waals surface area contributed by atoms with Gasteiger partial charge in [-0.1, -0.05) is 6.07 Å². The van der Waals surface area contributed by atoms with Crippen LogP contribution in [0.5, 0.6) is 11.5 Å². The largest absolute Gasteiger partial charge is 0.486 e. The molecule has 0 spiro atoms. The van der Waals surface area contributed by atoms with E-state index < -0.39 is 8.48 Å². The molecule has 0 aromatic heterocycles. The molecule has 0 aliphatic carbocycles. The fourth-order valence-corrected chi connectivity index (χ4v) is 4.86. The van der Waals surface area contributed by atoms with Crippen LogP contribution in [0.1, 0.15) is 12.8 Å². The Kier molecular flexibility index (Phi) is 3.98. The Morgan fingerprint density at radius 2 is 1.90 bits per heavy atom. The molecule has 6 heteroatoms. The molecule has 1 atom stereocenters. The number of nitrogens with one attached hydrogen (secondary N) is 2. The highest BCUT2D eigenvalue weighted by Crippen LogP contribution is 2.28. The third-order valence-corrected chi connectivity index (χ3v) is 6.33. The fourth-order valence-electron chi connectivity index (χ4n) is 2.79. The number of fused-ring (bicyclic) bond motifs is 1. The zero-order chi connectivity index (χ0) is 14.0. The van der Waals surface area contributed by atoms with Crippen molar-refractivity contribution in [2.24, 2.45) is 0 Å². The molecule has 3 rings (SSSR count). The fraction of sp³-hybridized carbons (Fsp3) is 0.571. The first-order valence-electron chi connectivity index (χ1n) is 7.26. The summed E-state index contributed by atoms with van der Waals surface area (Å²) >= 11 is 0. The van der Waals surface area contributed by atoms with Crippen molar-refractivity contribution in [2.75, 3.05) is 26.3 Å². The van der Waals surface area contributed by atoms with Gasteiger partial charge in [0.1, 0.15) is 13.2 Å². The molecule has 1 fully saturated rings. The van der Waals surface area contributed by atoms with Crippen molar-refractivity contribution >= 4 is 13.7 Å². The van der Waals surface area contributed by atoms with Crippen molar-refractivity contribution in [3.8, 4) is 11.5 Å². The maximum atomic E-state index is 10.9. The SMILES string of the molecule is C[Si](O)(NC1CCNCC1)c1ccc2c(c1)OCCO2. The van der Waals surface area contributed by atoms with Gasteiger partial charge >= 0.3 is 0 Å². The van der Waals surface area contributed by atoms with E-state index in [-0.39, 0.29) is 0 Å². The summed E-state index contributed by atoms with van der Waals surface area (Å²) in [6.07, 6.45) is 2.13. The van der Waals surface area contributed by atoms with Crippen molar-refractivity contribution in [2.45, 2.75) is 25.4 Å². The Balaban J connectivity index is 1.75. The molecule has 0 radical (unpaired) electrons. The molecule has 110 valence electrons. The Morgan fingerprint density at radius 3 is 2.65 bits per heavy atom. The van der Waals surface area contributed by atoms with Gasteiger partial charge < -0.3 is 24.6 Å². The minimum absolute atomic E-state index is 0.395. The molecule has 3 N–H and O–H groups in total. The highest BCUT2D eigenvalue weighted by Gasteiger charge is 2.32. The van der Waals surface area contributed by atoms with Gasteiger partial charge in [0.15, 0.2) is 11.5 Å². The molecule has 1 aromatic carbocycles. The highest BCUT2D eigenvalue weighted by atomic mass is 28.4. The molecule has 20 heavy (non-hydrogen) atoms. The van der Waals surface area contributed by atoms with Gasteiger partial charge in [0.25, 0.3) is 8.48 Å². The van der Waals surface area contributed by atoms with Crippen LogP contribution in [0.2, 0.25) is 6.55 Å². The summed E-state index contributed by atoms with van der Waals surface area (Å²) in [7, 11) is -2.64. The second-order valence-electron chi connectivity index (χ2n) is 5.60. The van der Waals surface area contributed by atoms with E-state index in [9.17, 15) is 4.80 Å². The van der Waals surface area contributed by atoms with Crippen molar-refractivity contribution in [1.29, 1.82) is 0 Å². The topological polar surface area (TPSA) is 62.8 Å². The van der Waals surface area contributed by atoms with Crippen LogP contribution in [-0.4, -0.2) is 45.6 Å². The van der Waals surface area contributed by atoms with Crippen molar-refractivity contribution in [3.05, 3.63) is 18.2 Å². The number of hydrogen-bond donors (Lipinski definition) is 3. The van der Waals surface area contributed by atoms with Gasteiger partial charge in [0.2, 0.25) is 0 Å². The van der Waals surface area contributed by atoms with Gasteiger partial charge in [0, 0.05) is 6.04 Å². The van der Waals surface area contributed by atoms with E-state index in [0.717, 1.165) is 42.6 Å². The van der Waals surface area contributed by atoms with Crippen LogP contribution in [0.4, 0.5) is 0 Å². The van der Waals surface area contributed by atoms with Crippen molar-refractivity contribution in [3.63, 3.8) is 0 Å². The van der Waals surface area contributed by atoms with Crippen LogP contribution in [0.25, 0.3) is 0 Å². The average Bonchev–Trinajstić information content (AvgIpc) is 2.47. The Morgan fingerprint density at radius 1 is 1.20 bits per heavy atom. The third-order valence-electron chi connectivity index (χ3n) is 3.93. The Hall–Kier alpha value is -1.08. The lowest BCUT2D eigenvalue weighted by molar-refractivity contribution is 0.171. The summed E-state index contributed by atoms with van der Waals surface area (Å²) in [4.78, 5) is 14.3. The summed E-state index contributed by atoms with van der Waals surface area (Å²) in [6, 6.07) is 6.17. The minimum Gasteiger partial charge on any atom is -0.486 e. The van der Waals surface area contributed by atoms with Crippen LogP contribution in [0.15, 0.2) is 18.2 Å². The van der Waals surface area contributed by atoms with E-state index in [2.05, 4.69) is 10.3 Å². The molecular weight excluding hydrogens is 272 g/mol. The lowest BCUT2D eigenvalue weighted by atomic mass is 10.1. The average molecular weight is 294 g/mol. The van der Waals surface area contributed by atoms with E-state index in [1.54, 1.807) is 0 Å². The summed E-state index contributed by atoms with van der Waals surface area (Å²) in [5.41, 5.74) is 0. The van der Waals surface area contributed by atoms with Gasteiger partial charge in [-0.2, -0.15) is 0 Å². The Bertz CT molecular complexity index is 475.